The van der Waals surface area contributed by atoms with Crippen LogP contribution in [0.1, 0.15) is 30.9 Å². The van der Waals surface area contributed by atoms with Crippen LogP contribution in [0.3, 0.4) is 0 Å². The van der Waals surface area contributed by atoms with Crippen molar-refractivity contribution in [2.45, 2.75) is 33.2 Å². The molecule has 1 aliphatic heterocycles. The number of fused-ring (bicyclic) bond motifs is 1. The number of carbonyl (C=O) groups is 2. The second kappa shape index (κ2) is 6.74. The highest BCUT2D eigenvalue weighted by molar-refractivity contribution is 6.42. The Hall–Kier alpha value is -2.48. The molecule has 123 valence electrons. The summed E-state index contributed by atoms with van der Waals surface area (Å²) in [5.41, 5.74) is 1.50. The Morgan fingerprint density at radius 2 is 2.09 bits per heavy atom. The largest absolute Gasteiger partial charge is 0.335 e. The number of benzene rings is 1. The van der Waals surface area contributed by atoms with Crippen molar-refractivity contribution in [3.8, 4) is 0 Å². The summed E-state index contributed by atoms with van der Waals surface area (Å²) in [7, 11) is 1.91. The molecule has 1 radical (unpaired) electrons. The van der Waals surface area contributed by atoms with Gasteiger partial charge in [0.15, 0.2) is 0 Å². The predicted molar refractivity (Wildman–Crippen MR) is 84.5 cm³/mol. The maximum atomic E-state index is 11.6. The second-order valence-electron chi connectivity index (χ2n) is 5.61. The van der Waals surface area contributed by atoms with Gasteiger partial charge in [-0.3, -0.25) is 19.7 Å². The second-order valence-corrected chi connectivity index (χ2v) is 5.61. The first-order chi connectivity index (χ1) is 10.8. The Bertz CT molecular complexity index is 672. The van der Waals surface area contributed by atoms with Gasteiger partial charge in [-0.05, 0) is 26.9 Å². The molecule has 2 amide bonds. The highest BCUT2D eigenvalue weighted by Gasteiger charge is 2.31. The summed E-state index contributed by atoms with van der Waals surface area (Å²) in [5, 5.41) is 17.5. The monoisotopic (exact) mass is 319 g/mol. The number of hydrogen-bond acceptors (Lipinski definition) is 5. The Morgan fingerprint density at radius 3 is 2.70 bits per heavy atom. The van der Waals surface area contributed by atoms with Gasteiger partial charge in [-0.25, -0.2) is 5.32 Å². The van der Waals surface area contributed by atoms with Crippen LogP contribution >= 0.6 is 0 Å². The van der Waals surface area contributed by atoms with E-state index in [0.29, 0.717) is 23.4 Å². The van der Waals surface area contributed by atoms with Gasteiger partial charge in [0.05, 0.1) is 16.3 Å². The zero-order valence-electron chi connectivity index (χ0n) is 13.4. The van der Waals surface area contributed by atoms with Crippen molar-refractivity contribution in [3.05, 3.63) is 27.3 Å². The van der Waals surface area contributed by atoms with Crippen molar-refractivity contribution in [1.29, 1.82) is 0 Å². The minimum atomic E-state index is -0.886. The normalized spacial score (nSPS) is 13.6. The maximum absolute atomic E-state index is 11.6. The molecule has 0 atom stereocenters. The molecule has 23 heavy (non-hydrogen) atoms. The van der Waals surface area contributed by atoms with Crippen molar-refractivity contribution < 1.29 is 14.5 Å². The number of nitrogens with zero attached hydrogens (tertiary/aromatic N) is 3. The molecule has 8 heteroatoms. The fourth-order valence-corrected chi connectivity index (χ4v) is 2.52. The van der Waals surface area contributed by atoms with Crippen LogP contribution in [0.4, 0.5) is 17.1 Å². The molecule has 1 heterocycles. The summed E-state index contributed by atoms with van der Waals surface area (Å²) in [4.78, 5) is 35.8. The SMILES string of the molecule is CCCCN(C)Cc1c(C)c([N+](=O)[O-])cc2c1[N]C(=O)C(=O)N2. The topological polar surface area (TPSA) is 107 Å². The van der Waals surface area contributed by atoms with Crippen molar-refractivity contribution in [1.82, 2.24) is 10.2 Å². The molecule has 0 unspecified atom stereocenters. The lowest BCUT2D eigenvalue weighted by Gasteiger charge is -2.23. The van der Waals surface area contributed by atoms with Gasteiger partial charge in [0.25, 0.3) is 5.69 Å². The lowest BCUT2D eigenvalue weighted by atomic mass is 10.0. The van der Waals surface area contributed by atoms with Crippen LogP contribution in [0.15, 0.2) is 6.07 Å². The third-order valence-corrected chi connectivity index (χ3v) is 3.83. The summed E-state index contributed by atoms with van der Waals surface area (Å²) in [6.07, 6.45) is 2.04. The van der Waals surface area contributed by atoms with Gasteiger partial charge in [0, 0.05) is 23.7 Å². The van der Waals surface area contributed by atoms with E-state index >= 15 is 0 Å². The summed E-state index contributed by atoms with van der Waals surface area (Å²) in [6.45, 7) is 4.96. The number of nitrogens with one attached hydrogen (secondary N) is 1. The molecule has 1 aromatic carbocycles. The van der Waals surface area contributed by atoms with Gasteiger partial charge in [-0.15, -0.1) is 0 Å². The fourth-order valence-electron chi connectivity index (χ4n) is 2.52. The number of rotatable bonds is 6. The zero-order valence-corrected chi connectivity index (χ0v) is 13.4. The van der Waals surface area contributed by atoms with E-state index in [0.717, 1.165) is 19.4 Å². The van der Waals surface area contributed by atoms with Gasteiger partial charge < -0.3 is 10.2 Å². The number of nitro benzene ring substituents is 1. The van der Waals surface area contributed by atoms with Gasteiger partial charge in [-0.2, -0.15) is 0 Å². The standard InChI is InChI=1S/C15H19N4O4/c1-4-5-6-18(3)8-10-9(2)12(19(22)23)7-11-13(10)17-15(21)14(20)16-11/h7H,4-6,8H2,1-3H3,(H,16,20). The van der Waals surface area contributed by atoms with Crippen molar-refractivity contribution in [2.75, 3.05) is 18.9 Å². The quantitative estimate of drug-likeness (QED) is 0.489. The van der Waals surface area contributed by atoms with E-state index < -0.39 is 16.7 Å². The third-order valence-electron chi connectivity index (χ3n) is 3.83. The summed E-state index contributed by atoms with van der Waals surface area (Å²) in [5.74, 6) is -1.76. The molecule has 0 aromatic heterocycles. The van der Waals surface area contributed by atoms with Gasteiger partial charge in [0.1, 0.15) is 0 Å². The molecule has 0 bridgehead atoms. The summed E-state index contributed by atoms with van der Waals surface area (Å²) >= 11 is 0. The number of carbonyl (C=O) groups excluding carboxylic acids is 2. The number of nitro groups is 1. The molecule has 0 saturated carbocycles. The lowest BCUT2D eigenvalue weighted by molar-refractivity contribution is -0.385. The first kappa shape index (κ1) is 16.9. The zero-order chi connectivity index (χ0) is 17.1. The third kappa shape index (κ3) is 3.48. The lowest BCUT2D eigenvalue weighted by Crippen LogP contribution is -2.34. The van der Waals surface area contributed by atoms with Crippen LogP contribution in [-0.4, -0.2) is 35.2 Å². The molecule has 1 aromatic rings. The van der Waals surface area contributed by atoms with E-state index in [1.807, 2.05) is 11.9 Å². The smallest absolute Gasteiger partial charge is 0.316 e. The minimum Gasteiger partial charge on any atom is -0.316 e. The summed E-state index contributed by atoms with van der Waals surface area (Å²) in [6, 6.07) is 1.26. The van der Waals surface area contributed by atoms with E-state index in [4.69, 9.17) is 0 Å². The molecule has 1 N–H and O–H groups in total. The van der Waals surface area contributed by atoms with Crippen molar-refractivity contribution in [2.24, 2.45) is 0 Å². The average Bonchev–Trinajstić information content (AvgIpc) is 2.49. The number of amides is 2. The van der Waals surface area contributed by atoms with Crippen LogP contribution in [0.5, 0.6) is 0 Å². The van der Waals surface area contributed by atoms with Crippen LogP contribution in [0.2, 0.25) is 0 Å². The molecule has 2 rings (SSSR count). The Balaban J connectivity index is 2.47. The predicted octanol–water partition coefficient (Wildman–Crippen LogP) is 1.85. The van der Waals surface area contributed by atoms with E-state index in [1.54, 1.807) is 6.92 Å². The Kier molecular flexibility index (Phi) is 4.95. The minimum absolute atomic E-state index is 0.0903. The molecule has 1 aliphatic rings. The number of hydrogen-bond donors (Lipinski definition) is 1. The van der Waals surface area contributed by atoms with Gasteiger partial charge in [0.2, 0.25) is 0 Å². The molecular formula is C15H19N4O4. The van der Waals surface area contributed by atoms with Crippen LogP contribution in [-0.2, 0) is 16.1 Å². The van der Waals surface area contributed by atoms with E-state index in [1.165, 1.54) is 6.07 Å². The average molecular weight is 319 g/mol. The summed E-state index contributed by atoms with van der Waals surface area (Å²) < 4.78 is 0. The molecule has 0 fully saturated rings. The van der Waals surface area contributed by atoms with E-state index in [2.05, 4.69) is 17.6 Å². The van der Waals surface area contributed by atoms with Crippen LogP contribution in [0.25, 0.3) is 0 Å². The van der Waals surface area contributed by atoms with Crippen LogP contribution < -0.4 is 10.6 Å². The Labute approximate surface area is 134 Å². The van der Waals surface area contributed by atoms with E-state index in [-0.39, 0.29) is 11.4 Å². The van der Waals surface area contributed by atoms with Crippen molar-refractivity contribution in [3.63, 3.8) is 0 Å². The number of unbranched alkanes of at least 4 members (excludes halogenated alkanes) is 1. The van der Waals surface area contributed by atoms with Gasteiger partial charge in [-0.1, -0.05) is 13.3 Å². The fraction of sp³-hybridized carbons (Fsp3) is 0.467. The van der Waals surface area contributed by atoms with Crippen molar-refractivity contribution >= 4 is 28.9 Å². The number of anilines is 1. The molecule has 0 aliphatic carbocycles. The highest BCUT2D eigenvalue weighted by atomic mass is 16.6. The first-order valence-corrected chi connectivity index (χ1v) is 7.41. The van der Waals surface area contributed by atoms with Gasteiger partial charge >= 0.3 is 11.8 Å². The Morgan fingerprint density at radius 1 is 1.39 bits per heavy atom. The molecular weight excluding hydrogens is 300 g/mol. The molecule has 0 saturated heterocycles. The van der Waals surface area contributed by atoms with E-state index in [9.17, 15) is 19.7 Å². The molecule has 0 spiro atoms. The molecule has 8 nitrogen and oxygen atoms in total. The van der Waals surface area contributed by atoms with Crippen LogP contribution in [0, 0.1) is 17.0 Å². The first-order valence-electron chi connectivity index (χ1n) is 7.41. The maximum Gasteiger partial charge on any atom is 0.335 e. The highest BCUT2D eigenvalue weighted by Crippen LogP contribution is 2.38.